The van der Waals surface area contributed by atoms with E-state index in [2.05, 4.69) is 17.0 Å². The average molecular weight is 357 g/mol. The number of ketones is 1. The minimum atomic E-state index is 0.0677. The van der Waals surface area contributed by atoms with E-state index in [-0.39, 0.29) is 5.78 Å². The number of hydrogen-bond donors (Lipinski definition) is 1. The number of hydrogen-bond acceptors (Lipinski definition) is 5. The number of carbonyl (C=O) groups excluding carboxylic acids is 1. The highest BCUT2D eigenvalue weighted by molar-refractivity contribution is 6.40. The third kappa shape index (κ3) is 2.34. The number of nitriles is 1. The Kier molecular flexibility index (Phi) is 3.64. The number of nitrogens with two attached hydrogens (primary N) is 1. The molecule has 0 saturated carbocycles. The summed E-state index contributed by atoms with van der Waals surface area (Å²) in [6, 6.07) is 11.9. The monoisotopic (exact) mass is 357 g/mol. The van der Waals surface area contributed by atoms with Gasteiger partial charge in [-0.05, 0) is 59.5 Å². The lowest BCUT2D eigenvalue weighted by atomic mass is 9.91. The summed E-state index contributed by atoms with van der Waals surface area (Å²) in [5.41, 5.74) is 14.2. The molecule has 0 spiro atoms. The van der Waals surface area contributed by atoms with Crippen molar-refractivity contribution < 1.29 is 9.53 Å². The van der Waals surface area contributed by atoms with E-state index >= 15 is 0 Å². The zero-order valence-electron chi connectivity index (χ0n) is 14.9. The molecule has 0 aromatic heterocycles. The van der Waals surface area contributed by atoms with Crippen molar-refractivity contribution >= 4 is 17.1 Å². The number of benzene rings is 2. The van der Waals surface area contributed by atoms with Gasteiger partial charge in [0.05, 0.1) is 36.1 Å². The molecule has 5 rings (SSSR count). The number of rotatable bonds is 3. The number of carbonyl (C=O) groups is 1. The zero-order valence-corrected chi connectivity index (χ0v) is 14.9. The highest BCUT2D eigenvalue weighted by Gasteiger charge is 2.38. The van der Waals surface area contributed by atoms with Crippen LogP contribution in [0, 0.1) is 11.3 Å². The average Bonchev–Trinajstić information content (AvgIpc) is 3.27. The van der Waals surface area contributed by atoms with Crippen molar-refractivity contribution in [1.82, 2.24) is 4.90 Å². The molecule has 3 aliphatic rings. The molecule has 2 aliphatic heterocycles. The third-order valence-corrected chi connectivity index (χ3v) is 5.63. The Morgan fingerprint density at radius 3 is 2.59 bits per heavy atom. The lowest BCUT2D eigenvalue weighted by Gasteiger charge is -2.32. The molecule has 2 aromatic rings. The molecular formula is C22H19N3O2. The Morgan fingerprint density at radius 2 is 1.85 bits per heavy atom. The molecule has 2 heterocycles. The number of fused-ring (bicyclic) bond motifs is 5. The van der Waals surface area contributed by atoms with Crippen LogP contribution >= 0.6 is 0 Å². The number of allylic oxidation sites excluding steroid dienone is 1. The molecule has 0 unspecified atom stereocenters. The van der Waals surface area contributed by atoms with Gasteiger partial charge in [0.25, 0.3) is 0 Å². The lowest BCUT2D eigenvalue weighted by molar-refractivity contribution is 0.105. The van der Waals surface area contributed by atoms with Crippen LogP contribution < -0.4 is 5.73 Å². The van der Waals surface area contributed by atoms with E-state index in [1.165, 1.54) is 5.56 Å². The fourth-order valence-corrected chi connectivity index (χ4v) is 4.36. The second-order valence-electron chi connectivity index (χ2n) is 7.26. The van der Waals surface area contributed by atoms with E-state index in [1.807, 2.05) is 18.2 Å². The van der Waals surface area contributed by atoms with Gasteiger partial charge in [0, 0.05) is 24.2 Å². The largest absolute Gasteiger partial charge is 0.372 e. The van der Waals surface area contributed by atoms with Crippen LogP contribution in [-0.4, -0.2) is 23.8 Å². The highest BCUT2D eigenvalue weighted by Crippen LogP contribution is 2.46. The van der Waals surface area contributed by atoms with E-state index in [0.717, 1.165) is 52.1 Å². The van der Waals surface area contributed by atoms with Crippen molar-refractivity contribution in [2.45, 2.75) is 26.2 Å². The van der Waals surface area contributed by atoms with Gasteiger partial charge in [-0.15, -0.1) is 0 Å². The molecule has 0 atom stereocenters. The predicted octanol–water partition coefficient (Wildman–Crippen LogP) is 2.82. The van der Waals surface area contributed by atoms with Crippen LogP contribution in [0.25, 0.3) is 11.3 Å². The van der Waals surface area contributed by atoms with Crippen molar-refractivity contribution in [3.8, 4) is 6.07 Å². The van der Waals surface area contributed by atoms with Gasteiger partial charge in [-0.25, -0.2) is 0 Å². The molecule has 2 aromatic carbocycles. The summed E-state index contributed by atoms with van der Waals surface area (Å²) in [7, 11) is 0. The van der Waals surface area contributed by atoms with Crippen molar-refractivity contribution in [2.75, 3.05) is 13.1 Å². The van der Waals surface area contributed by atoms with E-state index < -0.39 is 0 Å². The van der Waals surface area contributed by atoms with Crippen LogP contribution in [0.3, 0.4) is 0 Å². The SMILES string of the molecule is N#Cc1ccc2c(c1)CN(CCCN)C1=C2C(=O)c2cc3c(cc21)COC3. The van der Waals surface area contributed by atoms with Crippen LogP contribution in [0.5, 0.6) is 0 Å². The molecule has 0 amide bonds. The van der Waals surface area contributed by atoms with Crippen molar-refractivity contribution in [1.29, 1.82) is 5.26 Å². The topological polar surface area (TPSA) is 79.4 Å². The Bertz CT molecular complexity index is 1060. The van der Waals surface area contributed by atoms with Crippen LogP contribution in [-0.2, 0) is 24.5 Å². The molecule has 2 N–H and O–H groups in total. The number of Topliss-reactive ketones (excluding diaryl/α,β-unsaturated/α-hetero) is 1. The van der Waals surface area contributed by atoms with Crippen LogP contribution in [0.15, 0.2) is 30.3 Å². The Balaban J connectivity index is 1.71. The highest BCUT2D eigenvalue weighted by atomic mass is 16.5. The lowest BCUT2D eigenvalue weighted by Crippen LogP contribution is -2.28. The maximum atomic E-state index is 13.4. The molecule has 0 bridgehead atoms. The van der Waals surface area contributed by atoms with Gasteiger partial charge < -0.3 is 15.4 Å². The predicted molar refractivity (Wildman–Crippen MR) is 101 cm³/mol. The maximum Gasteiger partial charge on any atom is 0.196 e. The first-order valence-corrected chi connectivity index (χ1v) is 9.22. The van der Waals surface area contributed by atoms with Crippen LogP contribution in [0.2, 0.25) is 0 Å². The summed E-state index contributed by atoms with van der Waals surface area (Å²) in [6.45, 7) is 3.24. The van der Waals surface area contributed by atoms with Gasteiger partial charge in [-0.2, -0.15) is 5.26 Å². The fraction of sp³-hybridized carbons (Fsp3) is 0.273. The second-order valence-corrected chi connectivity index (χ2v) is 7.26. The third-order valence-electron chi connectivity index (χ3n) is 5.63. The van der Waals surface area contributed by atoms with Gasteiger partial charge in [0.15, 0.2) is 5.78 Å². The van der Waals surface area contributed by atoms with E-state index in [0.29, 0.717) is 31.9 Å². The van der Waals surface area contributed by atoms with Gasteiger partial charge in [0.2, 0.25) is 0 Å². The first-order chi connectivity index (χ1) is 13.2. The van der Waals surface area contributed by atoms with Gasteiger partial charge in [-0.3, -0.25) is 4.79 Å². The first-order valence-electron chi connectivity index (χ1n) is 9.22. The fourth-order valence-electron chi connectivity index (χ4n) is 4.36. The molecule has 0 fully saturated rings. The summed E-state index contributed by atoms with van der Waals surface area (Å²) in [5, 5.41) is 9.25. The second kappa shape index (κ2) is 6.05. The summed E-state index contributed by atoms with van der Waals surface area (Å²) >= 11 is 0. The van der Waals surface area contributed by atoms with Gasteiger partial charge >= 0.3 is 0 Å². The van der Waals surface area contributed by atoms with Crippen molar-refractivity contribution in [3.05, 3.63) is 69.3 Å². The first kappa shape index (κ1) is 16.2. The summed E-state index contributed by atoms with van der Waals surface area (Å²) in [6.07, 6.45) is 0.849. The van der Waals surface area contributed by atoms with E-state index in [4.69, 9.17) is 10.5 Å². The van der Waals surface area contributed by atoms with E-state index in [9.17, 15) is 10.1 Å². The Labute approximate surface area is 157 Å². The Hall–Kier alpha value is -2.94. The van der Waals surface area contributed by atoms with Crippen LogP contribution in [0.1, 0.15) is 50.2 Å². The molecule has 0 radical (unpaired) electrons. The minimum absolute atomic E-state index is 0.0677. The number of nitrogens with zero attached hydrogens (tertiary/aromatic N) is 2. The number of ether oxygens (including phenoxy) is 1. The smallest absolute Gasteiger partial charge is 0.196 e. The maximum absolute atomic E-state index is 13.4. The van der Waals surface area contributed by atoms with Gasteiger partial charge in [-0.1, -0.05) is 6.07 Å². The molecule has 0 saturated heterocycles. The van der Waals surface area contributed by atoms with Crippen molar-refractivity contribution in [3.63, 3.8) is 0 Å². The molecule has 1 aliphatic carbocycles. The summed E-state index contributed by atoms with van der Waals surface area (Å²) in [5.74, 6) is 0.0677. The molecule has 5 nitrogen and oxygen atoms in total. The molecule has 27 heavy (non-hydrogen) atoms. The van der Waals surface area contributed by atoms with Gasteiger partial charge in [0.1, 0.15) is 0 Å². The van der Waals surface area contributed by atoms with Crippen LogP contribution in [0.4, 0.5) is 0 Å². The standard InChI is InChI=1S/C22H19N3O2/c23-4-1-5-25-10-14-6-13(9-24)2-3-17(14)20-21(25)18-7-15-11-27-12-16(15)8-19(18)22(20)26/h2-3,6-8H,1,4-5,10-12,23H2. The minimum Gasteiger partial charge on any atom is -0.372 e. The summed E-state index contributed by atoms with van der Waals surface area (Å²) in [4.78, 5) is 15.6. The van der Waals surface area contributed by atoms with E-state index in [1.54, 1.807) is 6.07 Å². The normalized spacial score (nSPS) is 16.7. The zero-order chi connectivity index (χ0) is 18.5. The Morgan fingerprint density at radius 1 is 1.07 bits per heavy atom. The molecule has 134 valence electrons. The summed E-state index contributed by atoms with van der Waals surface area (Å²) < 4.78 is 5.55. The molecule has 5 heteroatoms. The quantitative estimate of drug-likeness (QED) is 0.914. The molecular weight excluding hydrogens is 338 g/mol. The van der Waals surface area contributed by atoms with Crippen molar-refractivity contribution in [2.24, 2.45) is 5.73 Å².